The zero-order chi connectivity index (χ0) is 28.3. The number of amides is 2. The van der Waals surface area contributed by atoms with Gasteiger partial charge in [0.15, 0.2) is 5.78 Å². The van der Waals surface area contributed by atoms with Gasteiger partial charge in [-0.15, -0.1) is 11.3 Å². The van der Waals surface area contributed by atoms with Gasteiger partial charge in [-0.25, -0.2) is 9.78 Å². The fraction of sp³-hybridized carbons (Fsp3) is 0.375. The molecule has 1 heterocycles. The van der Waals surface area contributed by atoms with E-state index in [1.54, 1.807) is 29.6 Å². The van der Waals surface area contributed by atoms with Crippen LogP contribution in [0.25, 0.3) is 0 Å². The average molecular weight is 546 g/mol. The van der Waals surface area contributed by atoms with Crippen molar-refractivity contribution in [1.29, 1.82) is 10.8 Å². The molecule has 1 atom stereocenters. The number of nitrogens with two attached hydrogens (primary N) is 2. The normalized spacial score (nSPS) is 12.1. The number of amidine groups is 2. The molecule has 13 nitrogen and oxygen atoms in total. The molecule has 38 heavy (non-hydrogen) atoms. The number of nitrogen functional groups attached to an aromatic ring is 2. The molecule has 0 aliphatic carbocycles. The molecule has 0 fully saturated rings. The Kier molecular flexibility index (Phi) is 10.9. The molecule has 0 saturated heterocycles. The van der Waals surface area contributed by atoms with Gasteiger partial charge in [0.05, 0.1) is 20.8 Å². The Balaban J connectivity index is 2.23. The third-order valence-corrected chi connectivity index (χ3v) is 6.48. The predicted molar refractivity (Wildman–Crippen MR) is 140 cm³/mol. The van der Waals surface area contributed by atoms with Gasteiger partial charge in [0.1, 0.15) is 27.9 Å². The Morgan fingerprint density at radius 2 is 1.79 bits per heavy atom. The van der Waals surface area contributed by atoms with Gasteiger partial charge in [0.2, 0.25) is 5.91 Å². The molecule has 1 aromatic carbocycles. The summed E-state index contributed by atoms with van der Waals surface area (Å²) < 4.78 is 9.46. The minimum absolute atomic E-state index is 0.0480. The van der Waals surface area contributed by atoms with Crippen LogP contribution in [-0.4, -0.2) is 60.2 Å². The molecule has 204 valence electrons. The number of carbonyl (C=O) groups excluding carboxylic acids is 4. The van der Waals surface area contributed by atoms with Crippen LogP contribution in [0.5, 0.6) is 0 Å². The maximum Gasteiger partial charge on any atom is 0.407 e. The van der Waals surface area contributed by atoms with E-state index in [2.05, 4.69) is 15.6 Å². The van der Waals surface area contributed by atoms with Crippen LogP contribution in [0.3, 0.4) is 0 Å². The first-order chi connectivity index (χ1) is 18.0. The van der Waals surface area contributed by atoms with Crippen molar-refractivity contribution in [1.82, 2.24) is 15.6 Å². The molecule has 2 aromatic rings. The van der Waals surface area contributed by atoms with Crippen LogP contribution in [-0.2, 0) is 36.8 Å². The maximum atomic E-state index is 13.6. The molecule has 0 radical (unpaired) electrons. The minimum Gasteiger partial charge on any atom is -0.469 e. The first-order valence-electron chi connectivity index (χ1n) is 11.4. The summed E-state index contributed by atoms with van der Waals surface area (Å²) in [7, 11) is 2.35. The summed E-state index contributed by atoms with van der Waals surface area (Å²) in [5.41, 5.74) is 10.7. The molecular formula is C24H31N7O6S. The fourth-order valence-electron chi connectivity index (χ4n) is 3.61. The van der Waals surface area contributed by atoms with E-state index in [1.807, 2.05) is 0 Å². The summed E-state index contributed by atoms with van der Waals surface area (Å²) >= 11 is 1.23. The molecule has 0 aliphatic rings. The average Bonchev–Trinajstić information content (AvgIpc) is 3.38. The van der Waals surface area contributed by atoms with Crippen LogP contribution in [0.15, 0.2) is 29.6 Å². The Morgan fingerprint density at radius 3 is 2.39 bits per heavy atom. The highest BCUT2D eigenvalue weighted by Crippen LogP contribution is 2.25. The molecule has 0 aliphatic heterocycles. The molecule has 2 rings (SSSR count). The maximum absolute atomic E-state index is 13.6. The summed E-state index contributed by atoms with van der Waals surface area (Å²) in [5, 5.41) is 22.5. The zero-order valence-electron chi connectivity index (χ0n) is 21.1. The highest BCUT2D eigenvalue weighted by atomic mass is 32.1. The Hall–Kier alpha value is -4.33. The van der Waals surface area contributed by atoms with Crippen LogP contribution < -0.4 is 22.1 Å². The Bertz CT molecular complexity index is 1210. The van der Waals surface area contributed by atoms with Crippen molar-refractivity contribution < 1.29 is 28.7 Å². The van der Waals surface area contributed by atoms with Crippen LogP contribution >= 0.6 is 11.3 Å². The lowest BCUT2D eigenvalue weighted by atomic mass is 9.80. The number of hydrogen-bond donors (Lipinski definition) is 6. The first kappa shape index (κ1) is 29.9. The van der Waals surface area contributed by atoms with E-state index < -0.39 is 29.3 Å². The Labute approximate surface area is 223 Å². The lowest BCUT2D eigenvalue weighted by Crippen LogP contribution is -2.56. The van der Waals surface area contributed by atoms with Crippen molar-refractivity contribution in [3.8, 4) is 0 Å². The number of nitrogens with zero attached hydrogens (tertiary/aromatic N) is 1. The summed E-state index contributed by atoms with van der Waals surface area (Å²) in [5.74, 6) is -1.87. The van der Waals surface area contributed by atoms with E-state index in [0.29, 0.717) is 21.8 Å². The molecule has 14 heteroatoms. The zero-order valence-corrected chi connectivity index (χ0v) is 21.9. The van der Waals surface area contributed by atoms with Crippen molar-refractivity contribution >= 4 is 46.8 Å². The van der Waals surface area contributed by atoms with Crippen LogP contribution in [0, 0.1) is 10.8 Å². The number of ether oxygens (including phenoxy) is 2. The van der Waals surface area contributed by atoms with Gasteiger partial charge >= 0.3 is 12.1 Å². The molecular weight excluding hydrogens is 514 g/mol. The van der Waals surface area contributed by atoms with E-state index in [0.717, 1.165) is 7.11 Å². The number of Topliss-reactive ketones (excluding diaryl/α,β-unsaturated/α-hetero) is 1. The van der Waals surface area contributed by atoms with Crippen LogP contribution in [0.1, 0.15) is 47.5 Å². The quantitative estimate of drug-likeness (QED) is 0.113. The number of benzene rings is 1. The second-order valence-corrected chi connectivity index (χ2v) is 9.25. The number of ketones is 1. The number of esters is 1. The molecule has 0 spiro atoms. The number of rotatable bonds is 14. The van der Waals surface area contributed by atoms with Crippen molar-refractivity contribution in [3.05, 3.63) is 51.5 Å². The molecule has 0 unspecified atom stereocenters. The molecule has 0 saturated carbocycles. The summed E-state index contributed by atoms with van der Waals surface area (Å²) in [6, 6.07) is 6.59. The number of hydrogen-bond acceptors (Lipinski definition) is 10. The molecule has 2 amide bonds. The van der Waals surface area contributed by atoms with E-state index in [-0.39, 0.29) is 50.3 Å². The van der Waals surface area contributed by atoms with Gasteiger partial charge in [0.25, 0.3) is 0 Å². The van der Waals surface area contributed by atoms with Gasteiger partial charge in [0, 0.05) is 36.6 Å². The second-order valence-electron chi connectivity index (χ2n) is 8.31. The lowest BCUT2D eigenvalue weighted by molar-refractivity contribution is -0.141. The van der Waals surface area contributed by atoms with Gasteiger partial charge in [-0.05, 0) is 18.1 Å². The number of methoxy groups -OCH3 is 2. The van der Waals surface area contributed by atoms with Crippen molar-refractivity contribution in [2.45, 2.75) is 44.2 Å². The van der Waals surface area contributed by atoms with E-state index >= 15 is 0 Å². The third kappa shape index (κ3) is 8.65. The molecule has 8 N–H and O–H groups in total. The number of alkyl carbamates (subject to hydrolysis) is 1. The monoisotopic (exact) mass is 545 g/mol. The van der Waals surface area contributed by atoms with Crippen molar-refractivity contribution in [2.24, 2.45) is 11.5 Å². The first-order valence-corrected chi connectivity index (χ1v) is 12.3. The van der Waals surface area contributed by atoms with E-state index in [1.165, 1.54) is 18.4 Å². The summed E-state index contributed by atoms with van der Waals surface area (Å²) in [4.78, 5) is 54.4. The topological polar surface area (TPSA) is 223 Å². The van der Waals surface area contributed by atoms with Crippen molar-refractivity contribution in [3.63, 3.8) is 0 Å². The standard InChI is InChI=1S/C24H31N7O6S/c1-36-20(34)8-9-24(31-23(35)37-2,11-14-4-3-5-15(10-14)21(25)26)17(32)6-7-18(33)29-12-19-30-16(13-38-19)22(27)28/h3-5,10,13H,6-9,11-12H2,1-2H3,(H3,25,26)(H3,27,28)(H,29,33)(H,31,35)/t24-/m1/s1. The number of aromatic nitrogens is 1. The minimum atomic E-state index is -1.61. The highest BCUT2D eigenvalue weighted by molar-refractivity contribution is 7.09. The Morgan fingerprint density at radius 1 is 1.05 bits per heavy atom. The van der Waals surface area contributed by atoms with Gasteiger partial charge in [-0.2, -0.15) is 0 Å². The van der Waals surface area contributed by atoms with Crippen LogP contribution in [0.2, 0.25) is 0 Å². The number of carbonyl (C=O) groups is 4. The highest BCUT2D eigenvalue weighted by Gasteiger charge is 2.40. The molecule has 1 aromatic heterocycles. The van der Waals surface area contributed by atoms with Gasteiger partial charge in [-0.3, -0.25) is 25.2 Å². The largest absolute Gasteiger partial charge is 0.469 e. The van der Waals surface area contributed by atoms with E-state index in [9.17, 15) is 19.2 Å². The number of thiazole rings is 1. The SMILES string of the molecule is COC(=O)CC[C@](Cc1cccc(C(=N)N)c1)(NC(=O)OC)C(=O)CCC(=O)NCc1nc(C(=N)N)cs1. The van der Waals surface area contributed by atoms with E-state index in [4.69, 9.17) is 31.8 Å². The predicted octanol–water partition coefficient (Wildman–Crippen LogP) is 0.967. The fourth-order valence-corrected chi connectivity index (χ4v) is 4.34. The molecule has 0 bridgehead atoms. The second kappa shape index (κ2) is 13.8. The lowest BCUT2D eigenvalue weighted by Gasteiger charge is -2.33. The summed E-state index contributed by atoms with van der Waals surface area (Å²) in [6.07, 6.45) is -1.69. The summed E-state index contributed by atoms with van der Waals surface area (Å²) in [6.45, 7) is 0.0940. The van der Waals surface area contributed by atoms with Crippen molar-refractivity contribution in [2.75, 3.05) is 14.2 Å². The van der Waals surface area contributed by atoms with Crippen LogP contribution in [0.4, 0.5) is 4.79 Å². The third-order valence-electron chi connectivity index (χ3n) is 5.63. The van der Waals surface area contributed by atoms with Gasteiger partial charge in [-0.1, -0.05) is 18.2 Å². The van der Waals surface area contributed by atoms with Gasteiger partial charge < -0.3 is 31.6 Å². The number of nitrogens with one attached hydrogen (secondary N) is 4. The smallest absolute Gasteiger partial charge is 0.407 e.